The van der Waals surface area contributed by atoms with Gasteiger partial charge in [0.05, 0.1) is 35.5 Å². The predicted octanol–water partition coefficient (Wildman–Crippen LogP) is 4.68. The van der Waals surface area contributed by atoms with Gasteiger partial charge < -0.3 is 9.47 Å². The number of halogens is 1. The molecule has 0 unspecified atom stereocenters. The number of hydrogen-bond acceptors (Lipinski definition) is 6. The fraction of sp³-hybridized carbons (Fsp3) is 0.231. The van der Waals surface area contributed by atoms with Crippen LogP contribution in [-0.4, -0.2) is 41.3 Å². The number of hydrogen-bond donors (Lipinski definition) is 1. The molecule has 10 heteroatoms. The summed E-state index contributed by atoms with van der Waals surface area (Å²) in [6.45, 7) is 3.37. The molecule has 3 rings (SSSR count). The Labute approximate surface area is 220 Å². The SMILES string of the molecule is CCc1ccccc1N(CC(=O)N/N=C\c1cc(Br)c(OC)c(OC)c1)S(=O)(=O)c1ccc(C)cc1. The van der Waals surface area contributed by atoms with Crippen LogP contribution >= 0.6 is 15.9 Å². The molecule has 190 valence electrons. The Morgan fingerprint density at radius 1 is 1.08 bits per heavy atom. The molecular weight excluding hydrogens is 546 g/mol. The number of nitrogens with zero attached hydrogens (tertiary/aromatic N) is 2. The molecule has 0 saturated heterocycles. The lowest BCUT2D eigenvalue weighted by Gasteiger charge is -2.25. The van der Waals surface area contributed by atoms with Gasteiger partial charge in [-0.25, -0.2) is 13.8 Å². The third kappa shape index (κ3) is 6.24. The lowest BCUT2D eigenvalue weighted by molar-refractivity contribution is -0.119. The fourth-order valence-corrected chi connectivity index (χ4v) is 5.63. The molecule has 0 aromatic heterocycles. The van der Waals surface area contributed by atoms with Crippen molar-refractivity contribution >= 4 is 43.8 Å². The van der Waals surface area contributed by atoms with Gasteiger partial charge in [-0.2, -0.15) is 5.10 Å². The quantitative estimate of drug-likeness (QED) is 0.280. The highest BCUT2D eigenvalue weighted by Crippen LogP contribution is 2.35. The molecule has 0 aliphatic heterocycles. The minimum atomic E-state index is -4.01. The highest BCUT2D eigenvalue weighted by Gasteiger charge is 2.28. The number of para-hydroxylation sites is 1. The number of aryl methyl sites for hydroxylation is 2. The van der Waals surface area contributed by atoms with Crippen molar-refractivity contribution in [2.45, 2.75) is 25.2 Å². The van der Waals surface area contributed by atoms with Gasteiger partial charge in [-0.3, -0.25) is 9.10 Å². The molecule has 8 nitrogen and oxygen atoms in total. The summed E-state index contributed by atoms with van der Waals surface area (Å²) in [5.74, 6) is 0.434. The highest BCUT2D eigenvalue weighted by atomic mass is 79.9. The Hall–Kier alpha value is -3.37. The number of benzene rings is 3. The molecule has 0 aliphatic carbocycles. The summed E-state index contributed by atoms with van der Waals surface area (Å²) in [6.07, 6.45) is 2.04. The number of amides is 1. The maximum atomic E-state index is 13.6. The number of sulfonamides is 1. The molecule has 36 heavy (non-hydrogen) atoms. The second kappa shape index (κ2) is 12.0. The second-order valence-corrected chi connectivity index (χ2v) is 10.6. The summed E-state index contributed by atoms with van der Waals surface area (Å²) < 4.78 is 39.6. The second-order valence-electron chi connectivity index (χ2n) is 7.84. The molecule has 0 radical (unpaired) electrons. The van der Waals surface area contributed by atoms with Crippen molar-refractivity contribution in [3.05, 3.63) is 81.8 Å². The maximum absolute atomic E-state index is 13.6. The van der Waals surface area contributed by atoms with E-state index in [2.05, 4.69) is 26.5 Å². The molecule has 0 heterocycles. The van der Waals surface area contributed by atoms with Gasteiger partial charge in [0, 0.05) is 0 Å². The molecule has 3 aromatic carbocycles. The van der Waals surface area contributed by atoms with Crippen molar-refractivity contribution in [1.29, 1.82) is 0 Å². The molecule has 0 spiro atoms. The zero-order valence-electron chi connectivity index (χ0n) is 20.5. The van der Waals surface area contributed by atoms with E-state index in [-0.39, 0.29) is 4.90 Å². The number of rotatable bonds is 10. The number of nitrogens with one attached hydrogen (secondary N) is 1. The number of carbonyl (C=O) groups excluding carboxylic acids is 1. The Bertz CT molecular complexity index is 1360. The smallest absolute Gasteiger partial charge is 0.264 e. The minimum Gasteiger partial charge on any atom is -0.493 e. The molecular formula is C26H28BrN3O5S. The molecule has 0 bridgehead atoms. The summed E-state index contributed by atoms with van der Waals surface area (Å²) in [5.41, 5.74) is 5.25. The van der Waals surface area contributed by atoms with Crippen LogP contribution in [0.2, 0.25) is 0 Å². The van der Waals surface area contributed by atoms with Crippen LogP contribution in [0.1, 0.15) is 23.6 Å². The van der Waals surface area contributed by atoms with E-state index in [0.717, 1.165) is 15.4 Å². The lowest BCUT2D eigenvalue weighted by atomic mass is 10.1. The molecule has 1 amide bonds. The third-order valence-corrected chi connectivity index (χ3v) is 7.76. The van der Waals surface area contributed by atoms with Gasteiger partial charge >= 0.3 is 0 Å². The van der Waals surface area contributed by atoms with Crippen LogP contribution in [0.3, 0.4) is 0 Å². The minimum absolute atomic E-state index is 0.102. The molecule has 0 atom stereocenters. The van der Waals surface area contributed by atoms with Crippen LogP contribution in [0.15, 0.2) is 75.1 Å². The standard InChI is InChI=1S/C26H28BrN3O5S/c1-5-20-8-6-7-9-23(20)30(36(32,33)21-12-10-18(2)11-13-21)17-25(31)29-28-16-19-14-22(27)26(35-4)24(15-19)34-3/h6-16H,5,17H2,1-4H3,(H,29,31)/b28-16-. The first kappa shape index (κ1) is 27.2. The van der Waals surface area contributed by atoms with E-state index in [9.17, 15) is 13.2 Å². The van der Waals surface area contributed by atoms with Crippen molar-refractivity contribution in [1.82, 2.24) is 5.43 Å². The first-order valence-corrected chi connectivity index (χ1v) is 13.3. The zero-order valence-corrected chi connectivity index (χ0v) is 22.9. The van der Waals surface area contributed by atoms with E-state index in [4.69, 9.17) is 9.47 Å². The first-order valence-electron chi connectivity index (χ1n) is 11.1. The van der Waals surface area contributed by atoms with Crippen molar-refractivity contribution in [3.8, 4) is 11.5 Å². The van der Waals surface area contributed by atoms with Gasteiger partial charge in [0.25, 0.3) is 15.9 Å². The number of ether oxygens (including phenoxy) is 2. The lowest BCUT2D eigenvalue weighted by Crippen LogP contribution is -2.40. The normalized spacial score (nSPS) is 11.4. The van der Waals surface area contributed by atoms with Crippen LogP contribution in [0.25, 0.3) is 0 Å². The molecule has 0 fully saturated rings. The van der Waals surface area contributed by atoms with E-state index >= 15 is 0 Å². The fourth-order valence-electron chi connectivity index (χ4n) is 3.55. The van der Waals surface area contributed by atoms with E-state index in [1.165, 1.54) is 32.6 Å². The summed E-state index contributed by atoms with van der Waals surface area (Å²) >= 11 is 3.41. The molecule has 1 N–H and O–H groups in total. The molecule has 0 saturated carbocycles. The van der Waals surface area contributed by atoms with Crippen molar-refractivity contribution < 1.29 is 22.7 Å². The summed E-state index contributed by atoms with van der Waals surface area (Å²) in [4.78, 5) is 13.0. The molecule has 3 aromatic rings. The topological polar surface area (TPSA) is 97.3 Å². The Morgan fingerprint density at radius 2 is 1.78 bits per heavy atom. The summed E-state index contributed by atoms with van der Waals surface area (Å²) in [7, 11) is -0.965. The molecule has 0 aliphatic rings. The van der Waals surface area contributed by atoms with Crippen molar-refractivity contribution in [3.63, 3.8) is 0 Å². The summed E-state index contributed by atoms with van der Waals surface area (Å²) in [6, 6.07) is 17.1. The van der Waals surface area contributed by atoms with Gasteiger partial charge in [-0.1, -0.05) is 42.8 Å². The number of hydrazone groups is 1. The van der Waals surface area contributed by atoms with E-state index < -0.39 is 22.5 Å². The van der Waals surface area contributed by atoms with Gasteiger partial charge in [0.2, 0.25) is 0 Å². The Morgan fingerprint density at radius 3 is 2.42 bits per heavy atom. The largest absolute Gasteiger partial charge is 0.493 e. The third-order valence-electron chi connectivity index (χ3n) is 5.40. The van der Waals surface area contributed by atoms with E-state index in [1.54, 1.807) is 36.4 Å². The first-order chi connectivity index (χ1) is 17.2. The van der Waals surface area contributed by atoms with Gasteiger partial charge in [-0.15, -0.1) is 0 Å². The Kier molecular flexibility index (Phi) is 9.11. The van der Waals surface area contributed by atoms with Crippen LogP contribution in [0, 0.1) is 6.92 Å². The van der Waals surface area contributed by atoms with Crippen LogP contribution < -0.4 is 19.2 Å². The van der Waals surface area contributed by atoms with Gasteiger partial charge in [0.1, 0.15) is 6.54 Å². The average Bonchev–Trinajstić information content (AvgIpc) is 2.87. The van der Waals surface area contributed by atoms with Crippen molar-refractivity contribution in [2.75, 3.05) is 25.1 Å². The van der Waals surface area contributed by atoms with Crippen LogP contribution in [0.5, 0.6) is 11.5 Å². The van der Waals surface area contributed by atoms with Gasteiger partial charge in [-0.05, 0) is 70.7 Å². The van der Waals surface area contributed by atoms with E-state index in [1.807, 2.05) is 26.0 Å². The predicted molar refractivity (Wildman–Crippen MR) is 145 cm³/mol. The number of anilines is 1. The number of carbonyl (C=O) groups is 1. The highest BCUT2D eigenvalue weighted by molar-refractivity contribution is 9.10. The van der Waals surface area contributed by atoms with Crippen LogP contribution in [-0.2, 0) is 21.2 Å². The monoisotopic (exact) mass is 573 g/mol. The maximum Gasteiger partial charge on any atom is 0.264 e. The van der Waals surface area contributed by atoms with Gasteiger partial charge in [0.15, 0.2) is 11.5 Å². The van der Waals surface area contributed by atoms with Crippen LogP contribution in [0.4, 0.5) is 5.69 Å². The number of methoxy groups -OCH3 is 2. The Balaban J connectivity index is 1.87. The zero-order chi connectivity index (χ0) is 26.3. The van der Waals surface area contributed by atoms with E-state index in [0.29, 0.717) is 33.6 Å². The summed E-state index contributed by atoms with van der Waals surface area (Å²) in [5, 5.41) is 4.01. The average molecular weight is 574 g/mol. The van der Waals surface area contributed by atoms with Crippen molar-refractivity contribution in [2.24, 2.45) is 5.10 Å².